The summed E-state index contributed by atoms with van der Waals surface area (Å²) in [5, 5.41) is 12.5. The summed E-state index contributed by atoms with van der Waals surface area (Å²) in [6.07, 6.45) is -5.34. The highest BCUT2D eigenvalue weighted by atomic mass is 32.2. The molecule has 0 spiro atoms. The number of benzene rings is 3. The predicted molar refractivity (Wildman–Crippen MR) is 169 cm³/mol. The van der Waals surface area contributed by atoms with Gasteiger partial charge in [-0.2, -0.15) is 13.2 Å². The molecule has 0 aromatic heterocycles. The van der Waals surface area contributed by atoms with Gasteiger partial charge in [-0.05, 0) is 73.7 Å². The summed E-state index contributed by atoms with van der Waals surface area (Å²) < 4.78 is 79.0. The normalized spacial score (nSPS) is 17.7. The fourth-order valence-corrected chi connectivity index (χ4v) is 6.04. The number of halogens is 3. The van der Waals surface area contributed by atoms with Crippen LogP contribution in [0, 0.1) is 5.92 Å². The molecule has 0 bridgehead atoms. The molecule has 1 aliphatic rings. The van der Waals surface area contributed by atoms with Crippen molar-refractivity contribution in [2.75, 3.05) is 43.9 Å². The molecule has 3 aromatic rings. The van der Waals surface area contributed by atoms with E-state index < -0.39 is 39.9 Å². The summed E-state index contributed by atoms with van der Waals surface area (Å²) in [5.74, 6) is 0.128. The first kappa shape index (κ1) is 35.4. The van der Waals surface area contributed by atoms with Crippen LogP contribution in [0.1, 0.15) is 25.0 Å². The Labute approximate surface area is 271 Å². The first-order valence-corrected chi connectivity index (χ1v) is 16.2. The number of sulfonamides is 1. The second-order valence-corrected chi connectivity index (χ2v) is 13.1. The monoisotopic (exact) mass is 678 g/mol. The van der Waals surface area contributed by atoms with Crippen LogP contribution in [0.3, 0.4) is 0 Å². The number of hydrogen-bond acceptors (Lipinski definition) is 7. The van der Waals surface area contributed by atoms with E-state index in [2.05, 4.69) is 10.0 Å². The molecule has 0 saturated carbocycles. The van der Waals surface area contributed by atoms with Crippen molar-refractivity contribution in [3.63, 3.8) is 0 Å². The number of aliphatic hydroxyl groups is 1. The number of alkyl halides is 3. The number of methoxy groups -OCH3 is 1. The number of anilines is 2. The zero-order valence-corrected chi connectivity index (χ0v) is 27.1. The van der Waals surface area contributed by atoms with Crippen LogP contribution in [0.2, 0.25) is 0 Å². The molecule has 1 aliphatic heterocycles. The zero-order valence-electron chi connectivity index (χ0n) is 26.2. The summed E-state index contributed by atoms with van der Waals surface area (Å²) >= 11 is 0. The van der Waals surface area contributed by atoms with Crippen molar-refractivity contribution in [3.05, 3.63) is 77.9 Å². The summed E-state index contributed by atoms with van der Waals surface area (Å²) in [6.45, 7) is 3.44. The Morgan fingerprint density at radius 3 is 2.34 bits per heavy atom. The van der Waals surface area contributed by atoms with Gasteiger partial charge in [0, 0.05) is 36.4 Å². The number of carbonyl (C=O) groups excluding carboxylic acids is 2. The van der Waals surface area contributed by atoms with Crippen LogP contribution in [0.5, 0.6) is 11.5 Å². The highest BCUT2D eigenvalue weighted by Gasteiger charge is 2.33. The lowest BCUT2D eigenvalue weighted by molar-refractivity contribution is -0.137. The van der Waals surface area contributed by atoms with Gasteiger partial charge >= 0.3 is 12.2 Å². The van der Waals surface area contributed by atoms with Crippen molar-refractivity contribution in [2.45, 2.75) is 43.5 Å². The fourth-order valence-electron chi connectivity index (χ4n) is 4.99. The first-order valence-electron chi connectivity index (χ1n) is 14.7. The average molecular weight is 679 g/mol. The van der Waals surface area contributed by atoms with E-state index >= 15 is 0 Å². The maximum Gasteiger partial charge on any atom is 0.416 e. The van der Waals surface area contributed by atoms with Crippen molar-refractivity contribution in [2.24, 2.45) is 5.92 Å². The van der Waals surface area contributed by atoms with Crippen molar-refractivity contribution in [1.82, 2.24) is 9.80 Å². The molecule has 3 N–H and O–H groups in total. The molecule has 3 atom stereocenters. The lowest BCUT2D eigenvalue weighted by atomic mass is 10.0. The SMILES string of the molecule is COc1ccc(S(=O)(=O)Nc2ccc3c(c2)CC(=O)N([C@@H](C)CO)C[C@@H](C)[C@@H](CN(C)C(=O)Nc2ccc(C(F)(F)F)cc2)O3)cc1. The zero-order chi connectivity index (χ0) is 34.5. The number of urea groups is 1. The second kappa shape index (κ2) is 14.5. The first-order chi connectivity index (χ1) is 22.1. The van der Waals surface area contributed by atoms with E-state index in [9.17, 15) is 36.3 Å². The molecule has 0 unspecified atom stereocenters. The van der Waals surface area contributed by atoms with Gasteiger partial charge in [0.25, 0.3) is 10.0 Å². The number of fused-ring (bicyclic) bond motifs is 1. The van der Waals surface area contributed by atoms with Gasteiger partial charge in [0.1, 0.15) is 17.6 Å². The summed E-state index contributed by atoms with van der Waals surface area (Å²) in [4.78, 5) is 29.3. The second-order valence-electron chi connectivity index (χ2n) is 11.4. The number of likely N-dealkylation sites (N-methyl/N-ethyl adjacent to an activating group) is 1. The van der Waals surface area contributed by atoms with Crippen LogP contribution >= 0.6 is 0 Å². The van der Waals surface area contributed by atoms with Gasteiger partial charge in [-0.1, -0.05) is 6.92 Å². The number of aliphatic hydroxyl groups excluding tert-OH is 1. The minimum absolute atomic E-state index is 0.00335. The maximum atomic E-state index is 13.5. The van der Waals surface area contributed by atoms with Crippen LogP contribution in [0.25, 0.3) is 0 Å². The molecule has 0 aliphatic carbocycles. The molecule has 47 heavy (non-hydrogen) atoms. The van der Waals surface area contributed by atoms with Crippen LogP contribution in [-0.4, -0.2) is 81.3 Å². The number of nitrogens with one attached hydrogen (secondary N) is 2. The predicted octanol–water partition coefficient (Wildman–Crippen LogP) is 4.83. The van der Waals surface area contributed by atoms with Gasteiger partial charge in [-0.3, -0.25) is 9.52 Å². The summed E-state index contributed by atoms with van der Waals surface area (Å²) in [5.41, 5.74) is -0.101. The number of rotatable bonds is 9. The smallest absolute Gasteiger partial charge is 0.416 e. The summed E-state index contributed by atoms with van der Waals surface area (Å²) in [6, 6.07) is 13.3. The number of amides is 3. The maximum absolute atomic E-state index is 13.5. The lowest BCUT2D eigenvalue weighted by Crippen LogP contribution is -2.48. The summed E-state index contributed by atoms with van der Waals surface area (Å²) in [7, 11) is -1.03. The fraction of sp³-hybridized carbons (Fsp3) is 0.375. The van der Waals surface area contributed by atoms with Gasteiger partial charge in [0.2, 0.25) is 5.91 Å². The molecule has 11 nitrogen and oxygen atoms in total. The Bertz CT molecular complexity index is 1670. The molecule has 0 saturated heterocycles. The van der Waals surface area contributed by atoms with Gasteiger partial charge in [-0.25, -0.2) is 13.2 Å². The number of carbonyl (C=O) groups is 2. The van der Waals surface area contributed by atoms with Crippen LogP contribution in [0.15, 0.2) is 71.6 Å². The Kier molecular flexibility index (Phi) is 10.9. The Morgan fingerprint density at radius 2 is 1.74 bits per heavy atom. The van der Waals surface area contributed by atoms with Crippen molar-refractivity contribution in [3.8, 4) is 11.5 Å². The molecule has 15 heteroatoms. The number of hydrogen-bond donors (Lipinski definition) is 3. The molecule has 3 aromatic carbocycles. The van der Waals surface area contributed by atoms with Gasteiger partial charge in [-0.15, -0.1) is 0 Å². The third-order valence-electron chi connectivity index (χ3n) is 7.80. The number of nitrogens with zero attached hydrogens (tertiary/aromatic N) is 2. The standard InChI is InChI=1S/C32H37F3N4O7S/c1-20-17-39(21(2)19-40)30(41)16-22-15-25(37-47(43,44)27-12-10-26(45-4)11-13-27)9-14-28(22)46-29(20)18-38(3)31(42)36-24-7-5-23(6-8-24)32(33,34)35/h5-15,20-21,29,37,40H,16-19H2,1-4H3,(H,36,42)/t20-,21+,29-/m1/s1. The minimum Gasteiger partial charge on any atom is -0.497 e. The number of ether oxygens (including phenoxy) is 2. The molecule has 3 amide bonds. The highest BCUT2D eigenvalue weighted by molar-refractivity contribution is 7.92. The topological polar surface area (TPSA) is 138 Å². The highest BCUT2D eigenvalue weighted by Crippen LogP contribution is 2.31. The van der Waals surface area contributed by atoms with E-state index in [0.29, 0.717) is 17.1 Å². The van der Waals surface area contributed by atoms with Crippen LogP contribution in [-0.2, 0) is 27.4 Å². The van der Waals surface area contributed by atoms with Crippen LogP contribution < -0.4 is 19.5 Å². The molecule has 4 rings (SSSR count). The Hall–Kier alpha value is -4.50. The molecular formula is C32H37F3N4O7S. The van der Waals surface area contributed by atoms with Crippen molar-refractivity contribution >= 4 is 33.3 Å². The van der Waals surface area contributed by atoms with Gasteiger partial charge < -0.3 is 29.7 Å². The largest absolute Gasteiger partial charge is 0.497 e. The third kappa shape index (κ3) is 8.86. The molecule has 1 heterocycles. The van der Waals surface area contributed by atoms with E-state index in [-0.39, 0.29) is 54.2 Å². The minimum atomic E-state index is -4.51. The average Bonchev–Trinajstić information content (AvgIpc) is 3.07. The van der Waals surface area contributed by atoms with Gasteiger partial charge in [0.15, 0.2) is 0 Å². The van der Waals surface area contributed by atoms with E-state index in [1.807, 2.05) is 6.92 Å². The molecular weight excluding hydrogens is 641 g/mol. The van der Waals surface area contributed by atoms with E-state index in [1.165, 1.54) is 60.4 Å². The lowest BCUT2D eigenvalue weighted by Gasteiger charge is -2.34. The van der Waals surface area contributed by atoms with E-state index in [0.717, 1.165) is 24.3 Å². The molecule has 254 valence electrons. The quantitative estimate of drug-likeness (QED) is 0.295. The van der Waals surface area contributed by atoms with Crippen LogP contribution in [0.4, 0.5) is 29.3 Å². The third-order valence-corrected chi connectivity index (χ3v) is 9.20. The Balaban J connectivity index is 1.58. The van der Waals surface area contributed by atoms with E-state index in [4.69, 9.17) is 9.47 Å². The van der Waals surface area contributed by atoms with Gasteiger partial charge in [0.05, 0.1) is 43.2 Å². The molecule has 0 fully saturated rings. The van der Waals surface area contributed by atoms with Crippen molar-refractivity contribution < 1.29 is 45.8 Å². The van der Waals surface area contributed by atoms with E-state index in [1.54, 1.807) is 13.0 Å². The molecule has 0 radical (unpaired) electrons. The Morgan fingerprint density at radius 1 is 1.11 bits per heavy atom. The van der Waals surface area contributed by atoms with Crippen molar-refractivity contribution in [1.29, 1.82) is 0 Å².